The zero-order valence-corrected chi connectivity index (χ0v) is 8.54. The van der Waals surface area contributed by atoms with Crippen molar-refractivity contribution in [1.29, 1.82) is 0 Å². The Morgan fingerprint density at radius 3 is 3.14 bits per heavy atom. The van der Waals surface area contributed by atoms with E-state index in [4.69, 9.17) is 0 Å². The number of nitrogens with one attached hydrogen (secondary N) is 2. The highest BCUT2D eigenvalue weighted by Gasteiger charge is 2.00. The van der Waals surface area contributed by atoms with E-state index in [1.807, 2.05) is 12.3 Å². The molecule has 0 aliphatic rings. The van der Waals surface area contributed by atoms with Gasteiger partial charge in [-0.3, -0.25) is 5.10 Å². The molecule has 2 rings (SSSR count). The molecule has 1 atom stereocenters. The number of hydrogen-bond acceptors (Lipinski definition) is 2. The Hall–Kier alpha value is -1.51. The van der Waals surface area contributed by atoms with E-state index in [0.717, 1.165) is 23.0 Å². The Morgan fingerprint density at radius 1 is 1.50 bits per heavy atom. The van der Waals surface area contributed by atoms with Gasteiger partial charge in [0.2, 0.25) is 0 Å². The number of aromatic amines is 1. The van der Waals surface area contributed by atoms with Crippen LogP contribution in [0.25, 0.3) is 10.9 Å². The number of benzene rings is 1. The molecular weight excluding hydrogens is 174 g/mol. The van der Waals surface area contributed by atoms with Crippen LogP contribution in [0.1, 0.15) is 20.3 Å². The first-order chi connectivity index (χ1) is 6.79. The second-order valence-electron chi connectivity index (χ2n) is 3.63. The summed E-state index contributed by atoms with van der Waals surface area (Å²) in [6, 6.07) is 6.75. The highest BCUT2D eigenvalue weighted by atomic mass is 15.1. The van der Waals surface area contributed by atoms with E-state index in [-0.39, 0.29) is 0 Å². The van der Waals surface area contributed by atoms with Gasteiger partial charge in [-0.2, -0.15) is 5.10 Å². The van der Waals surface area contributed by atoms with Crippen LogP contribution >= 0.6 is 0 Å². The number of fused-ring (bicyclic) bond motifs is 1. The van der Waals surface area contributed by atoms with E-state index in [1.165, 1.54) is 0 Å². The summed E-state index contributed by atoms with van der Waals surface area (Å²) in [5.41, 5.74) is 2.24. The molecule has 0 radical (unpaired) electrons. The maximum absolute atomic E-state index is 3.99. The quantitative estimate of drug-likeness (QED) is 0.779. The van der Waals surface area contributed by atoms with Gasteiger partial charge in [0.05, 0.1) is 11.7 Å². The lowest BCUT2D eigenvalue weighted by Crippen LogP contribution is -2.12. The summed E-state index contributed by atoms with van der Waals surface area (Å²) in [6.07, 6.45) is 2.97. The smallest absolute Gasteiger partial charge is 0.0651 e. The van der Waals surface area contributed by atoms with Crippen molar-refractivity contribution in [3.05, 3.63) is 24.4 Å². The highest BCUT2D eigenvalue weighted by Crippen LogP contribution is 2.17. The summed E-state index contributed by atoms with van der Waals surface area (Å²) in [5.74, 6) is 0. The predicted octanol–water partition coefficient (Wildman–Crippen LogP) is 2.77. The summed E-state index contributed by atoms with van der Waals surface area (Å²) in [5, 5.41) is 11.5. The fraction of sp³-hybridized carbons (Fsp3) is 0.364. The molecule has 0 aliphatic heterocycles. The molecule has 74 valence electrons. The van der Waals surface area contributed by atoms with E-state index in [1.54, 1.807) is 0 Å². The molecule has 1 aromatic heterocycles. The number of H-pyrrole nitrogens is 1. The molecule has 0 amide bonds. The molecule has 3 heteroatoms. The molecule has 1 heterocycles. The molecule has 1 aromatic carbocycles. The minimum absolute atomic E-state index is 0.513. The van der Waals surface area contributed by atoms with E-state index in [9.17, 15) is 0 Å². The standard InChI is InChI=1S/C11H15N3/c1-3-8(2)13-10-4-5-11-9(6-10)7-12-14-11/h4-8,13H,3H2,1-2H3,(H,12,14). The Balaban J connectivity index is 2.25. The zero-order valence-electron chi connectivity index (χ0n) is 8.54. The van der Waals surface area contributed by atoms with Gasteiger partial charge in [-0.15, -0.1) is 0 Å². The van der Waals surface area contributed by atoms with Gasteiger partial charge in [0.25, 0.3) is 0 Å². The Kier molecular flexibility index (Phi) is 2.39. The van der Waals surface area contributed by atoms with Crippen molar-refractivity contribution in [2.75, 3.05) is 5.32 Å². The largest absolute Gasteiger partial charge is 0.383 e. The minimum atomic E-state index is 0.513. The second kappa shape index (κ2) is 3.70. The normalized spacial score (nSPS) is 13.0. The fourth-order valence-electron chi connectivity index (χ4n) is 1.42. The van der Waals surface area contributed by atoms with Crippen LogP contribution in [0, 0.1) is 0 Å². The van der Waals surface area contributed by atoms with Gasteiger partial charge < -0.3 is 5.32 Å². The van der Waals surface area contributed by atoms with E-state index in [2.05, 4.69) is 41.5 Å². The van der Waals surface area contributed by atoms with Crippen molar-refractivity contribution in [2.45, 2.75) is 26.3 Å². The molecule has 0 aliphatic carbocycles. The predicted molar refractivity (Wildman–Crippen MR) is 59.5 cm³/mol. The Morgan fingerprint density at radius 2 is 2.36 bits per heavy atom. The third-order valence-corrected chi connectivity index (χ3v) is 2.47. The highest BCUT2D eigenvalue weighted by molar-refractivity contribution is 5.81. The number of aromatic nitrogens is 2. The molecule has 0 bridgehead atoms. The molecule has 0 spiro atoms. The van der Waals surface area contributed by atoms with E-state index < -0.39 is 0 Å². The molecule has 0 saturated carbocycles. The maximum atomic E-state index is 3.99. The lowest BCUT2D eigenvalue weighted by atomic mass is 10.2. The van der Waals surface area contributed by atoms with Crippen molar-refractivity contribution in [1.82, 2.24) is 10.2 Å². The van der Waals surface area contributed by atoms with Gasteiger partial charge in [-0.25, -0.2) is 0 Å². The average molecular weight is 189 g/mol. The third kappa shape index (κ3) is 1.71. The first-order valence-corrected chi connectivity index (χ1v) is 4.99. The molecular formula is C11H15N3. The van der Waals surface area contributed by atoms with Gasteiger partial charge in [0.1, 0.15) is 0 Å². The summed E-state index contributed by atoms with van der Waals surface area (Å²) in [7, 11) is 0. The Bertz CT molecular complexity index is 419. The van der Waals surface area contributed by atoms with Crippen LogP contribution in [-0.4, -0.2) is 16.2 Å². The number of nitrogens with zero attached hydrogens (tertiary/aromatic N) is 1. The summed E-state index contributed by atoms with van der Waals surface area (Å²) in [4.78, 5) is 0. The molecule has 1 unspecified atom stereocenters. The van der Waals surface area contributed by atoms with Crippen LogP contribution in [0.3, 0.4) is 0 Å². The topological polar surface area (TPSA) is 40.7 Å². The second-order valence-corrected chi connectivity index (χ2v) is 3.63. The minimum Gasteiger partial charge on any atom is -0.383 e. The van der Waals surface area contributed by atoms with Crippen molar-refractivity contribution in [3.8, 4) is 0 Å². The lowest BCUT2D eigenvalue weighted by molar-refractivity contribution is 0.764. The van der Waals surface area contributed by atoms with Crippen LogP contribution in [0.4, 0.5) is 5.69 Å². The van der Waals surface area contributed by atoms with E-state index >= 15 is 0 Å². The Labute approximate surface area is 83.5 Å². The van der Waals surface area contributed by atoms with Gasteiger partial charge in [-0.05, 0) is 31.5 Å². The summed E-state index contributed by atoms with van der Waals surface area (Å²) >= 11 is 0. The van der Waals surface area contributed by atoms with E-state index in [0.29, 0.717) is 6.04 Å². The van der Waals surface area contributed by atoms with Crippen LogP contribution in [0.5, 0.6) is 0 Å². The first kappa shape index (κ1) is 9.06. The van der Waals surface area contributed by atoms with Crippen molar-refractivity contribution >= 4 is 16.6 Å². The molecule has 0 saturated heterocycles. The van der Waals surface area contributed by atoms with Gasteiger partial charge in [0, 0.05) is 17.1 Å². The van der Waals surface area contributed by atoms with Crippen molar-refractivity contribution in [2.24, 2.45) is 0 Å². The van der Waals surface area contributed by atoms with Gasteiger partial charge in [-0.1, -0.05) is 6.92 Å². The monoisotopic (exact) mass is 189 g/mol. The average Bonchev–Trinajstić information content (AvgIpc) is 2.64. The third-order valence-electron chi connectivity index (χ3n) is 2.47. The van der Waals surface area contributed by atoms with Crippen LogP contribution in [0.15, 0.2) is 24.4 Å². The molecule has 0 fully saturated rings. The molecule has 2 aromatic rings. The molecule has 14 heavy (non-hydrogen) atoms. The lowest BCUT2D eigenvalue weighted by Gasteiger charge is -2.12. The van der Waals surface area contributed by atoms with Crippen LogP contribution in [0.2, 0.25) is 0 Å². The SMILES string of the molecule is CCC(C)Nc1ccc2[nH]ncc2c1. The van der Waals surface area contributed by atoms with Crippen LogP contribution < -0.4 is 5.32 Å². The first-order valence-electron chi connectivity index (χ1n) is 4.99. The van der Waals surface area contributed by atoms with Crippen molar-refractivity contribution < 1.29 is 0 Å². The van der Waals surface area contributed by atoms with Gasteiger partial charge >= 0.3 is 0 Å². The summed E-state index contributed by atoms with van der Waals surface area (Å²) < 4.78 is 0. The molecule has 3 nitrogen and oxygen atoms in total. The van der Waals surface area contributed by atoms with Crippen molar-refractivity contribution in [3.63, 3.8) is 0 Å². The summed E-state index contributed by atoms with van der Waals surface area (Å²) in [6.45, 7) is 4.35. The maximum Gasteiger partial charge on any atom is 0.0651 e. The van der Waals surface area contributed by atoms with Crippen LogP contribution in [-0.2, 0) is 0 Å². The fourth-order valence-corrected chi connectivity index (χ4v) is 1.42. The zero-order chi connectivity index (χ0) is 9.97. The number of anilines is 1. The van der Waals surface area contributed by atoms with Gasteiger partial charge in [0.15, 0.2) is 0 Å². The number of hydrogen-bond donors (Lipinski definition) is 2. The molecule has 2 N–H and O–H groups in total. The number of rotatable bonds is 3.